The van der Waals surface area contributed by atoms with E-state index in [9.17, 15) is 9.18 Å². The zero-order valence-electron chi connectivity index (χ0n) is 22.6. The Morgan fingerprint density at radius 2 is 1.83 bits per heavy atom. The third-order valence-electron chi connectivity index (χ3n) is 5.37. The first-order valence-corrected chi connectivity index (χ1v) is 12.1. The Morgan fingerprint density at radius 1 is 1.19 bits per heavy atom. The third kappa shape index (κ3) is 12.0. The highest BCUT2D eigenvalue weighted by Gasteiger charge is 2.16. The second kappa shape index (κ2) is 19.1. The van der Waals surface area contributed by atoms with Crippen LogP contribution in [0.1, 0.15) is 46.1 Å². The van der Waals surface area contributed by atoms with Crippen molar-refractivity contribution in [1.29, 1.82) is 0 Å². The molecule has 0 aromatic heterocycles. The number of esters is 1. The molecule has 0 heterocycles. The minimum atomic E-state index is -0.304. The molecule has 0 fully saturated rings. The third-order valence-corrected chi connectivity index (χ3v) is 5.37. The second-order valence-electron chi connectivity index (χ2n) is 8.00. The van der Waals surface area contributed by atoms with Gasteiger partial charge in [0.25, 0.3) is 0 Å². The number of halogens is 1. The number of carbonyl (C=O) groups excluding carboxylic acids is 2. The quantitative estimate of drug-likeness (QED) is 0.121. The Kier molecular flexibility index (Phi) is 17.4. The number of ether oxygens (including phenoxy) is 2. The first-order valence-electron chi connectivity index (χ1n) is 12.1. The average molecular weight is 507 g/mol. The van der Waals surface area contributed by atoms with Crippen molar-refractivity contribution in [3.8, 4) is 0 Å². The maximum atomic E-state index is 13.6. The van der Waals surface area contributed by atoms with Crippen molar-refractivity contribution in [2.75, 3.05) is 40.4 Å². The van der Waals surface area contributed by atoms with Crippen LogP contribution in [-0.4, -0.2) is 63.1 Å². The van der Waals surface area contributed by atoms with E-state index in [1.807, 2.05) is 39.7 Å². The number of rotatable bonds is 15. The van der Waals surface area contributed by atoms with Gasteiger partial charge >= 0.3 is 5.97 Å². The van der Waals surface area contributed by atoms with Crippen LogP contribution in [0.15, 0.2) is 54.1 Å². The summed E-state index contributed by atoms with van der Waals surface area (Å²) >= 11 is 0. The lowest BCUT2D eigenvalue weighted by atomic mass is 10.1. The second-order valence-corrected chi connectivity index (χ2v) is 8.00. The van der Waals surface area contributed by atoms with Crippen LogP contribution in [0.4, 0.5) is 4.39 Å². The molecule has 0 spiro atoms. The predicted octanol–water partition coefficient (Wildman–Crippen LogP) is 4.07. The van der Waals surface area contributed by atoms with Gasteiger partial charge in [-0.3, -0.25) is 14.7 Å². The lowest BCUT2D eigenvalue weighted by molar-refractivity contribution is -0.147. The monoisotopic (exact) mass is 506 g/mol. The Hall–Kier alpha value is -3.17. The molecule has 0 aliphatic heterocycles. The zero-order chi connectivity index (χ0) is 27.5. The number of nitrogens with two attached hydrogens (primary N) is 1. The van der Waals surface area contributed by atoms with Gasteiger partial charge in [0.1, 0.15) is 12.6 Å². The van der Waals surface area contributed by atoms with Gasteiger partial charge in [-0.2, -0.15) is 0 Å². The number of methoxy groups -OCH3 is 1. The number of carbonyl (C=O) groups is 2. The summed E-state index contributed by atoms with van der Waals surface area (Å²) in [6.07, 6.45) is 7.36. The molecule has 0 bridgehead atoms. The van der Waals surface area contributed by atoms with E-state index in [1.54, 1.807) is 37.4 Å². The van der Waals surface area contributed by atoms with E-state index in [4.69, 9.17) is 20.1 Å². The molecule has 8 nitrogen and oxygen atoms in total. The van der Waals surface area contributed by atoms with Gasteiger partial charge in [-0.05, 0) is 87.8 Å². The number of hydrogen-bond donors (Lipinski definition) is 2. The van der Waals surface area contributed by atoms with Crippen molar-refractivity contribution < 1.29 is 23.5 Å². The van der Waals surface area contributed by atoms with Crippen LogP contribution >= 0.6 is 0 Å². The topological polar surface area (TPSA) is 97.1 Å². The van der Waals surface area contributed by atoms with Gasteiger partial charge in [-0.25, -0.2) is 10.2 Å². The summed E-state index contributed by atoms with van der Waals surface area (Å²) in [6, 6.07) is 6.27. The maximum absolute atomic E-state index is 13.6. The van der Waals surface area contributed by atoms with E-state index in [2.05, 4.69) is 17.1 Å². The molecule has 1 rings (SSSR count). The highest BCUT2D eigenvalue weighted by molar-refractivity contribution is 5.71. The standard InChI is InChI=1S/C26H41FN4O3.CH2O/c1-7-17-30(18-15-20(3)26(32)34-8-2)19-16-24(22-10-12-23(27)13-11-22)31(28)21(4)9-14-25(29-5)33-6;1-2/h9-14,16,20,29H,7-8,15,17-19,28H2,1-6H3;1H2/b21-9+,24-16-,25-14+;. The first kappa shape index (κ1) is 32.8. The van der Waals surface area contributed by atoms with E-state index in [0.29, 0.717) is 25.5 Å². The number of nitrogens with zero attached hydrogens (tertiary/aromatic N) is 2. The molecule has 0 aliphatic carbocycles. The molecule has 0 saturated carbocycles. The highest BCUT2D eigenvalue weighted by atomic mass is 19.1. The van der Waals surface area contributed by atoms with E-state index >= 15 is 0 Å². The number of hydrazine groups is 1. The lowest BCUT2D eigenvalue weighted by Crippen LogP contribution is -2.31. The van der Waals surface area contributed by atoms with E-state index in [1.165, 1.54) is 12.1 Å². The number of allylic oxidation sites excluding steroid dienone is 3. The molecule has 1 aromatic carbocycles. The predicted molar refractivity (Wildman–Crippen MR) is 143 cm³/mol. The molecule has 1 unspecified atom stereocenters. The van der Waals surface area contributed by atoms with Gasteiger partial charge in [-0.1, -0.05) is 13.8 Å². The van der Waals surface area contributed by atoms with Crippen molar-refractivity contribution in [2.45, 2.75) is 40.5 Å². The summed E-state index contributed by atoms with van der Waals surface area (Å²) in [5.74, 6) is 6.46. The molecule has 0 radical (unpaired) electrons. The van der Waals surface area contributed by atoms with Crippen LogP contribution in [0.5, 0.6) is 0 Å². The summed E-state index contributed by atoms with van der Waals surface area (Å²) < 4.78 is 23.9. The molecular weight excluding hydrogens is 463 g/mol. The molecule has 1 atom stereocenters. The Labute approximate surface area is 215 Å². The minimum Gasteiger partial charge on any atom is -0.483 e. The number of hydrogen-bond acceptors (Lipinski definition) is 8. The molecule has 1 aromatic rings. The van der Waals surface area contributed by atoms with Crippen molar-refractivity contribution in [3.63, 3.8) is 0 Å². The summed E-state index contributed by atoms with van der Waals surface area (Å²) in [5, 5.41) is 4.53. The fourth-order valence-corrected chi connectivity index (χ4v) is 3.30. The first-order chi connectivity index (χ1) is 17.3. The maximum Gasteiger partial charge on any atom is 0.308 e. The average Bonchev–Trinajstić information content (AvgIpc) is 2.89. The SMILES string of the molecule is C=O.CCCN(C/C=C(/c1ccc(F)cc1)N(N)/C(C)=C/C=C(\NC)OC)CCC(C)C(=O)OCC. The van der Waals surface area contributed by atoms with E-state index < -0.39 is 0 Å². The van der Waals surface area contributed by atoms with Crippen LogP contribution < -0.4 is 11.2 Å². The van der Waals surface area contributed by atoms with Crippen LogP contribution in [0.25, 0.3) is 5.70 Å². The smallest absolute Gasteiger partial charge is 0.308 e. The van der Waals surface area contributed by atoms with E-state index in [0.717, 1.165) is 36.5 Å². The minimum absolute atomic E-state index is 0.162. The largest absolute Gasteiger partial charge is 0.483 e. The summed E-state index contributed by atoms with van der Waals surface area (Å²) in [7, 11) is 3.36. The van der Waals surface area contributed by atoms with Gasteiger partial charge in [0.05, 0.1) is 25.3 Å². The summed E-state index contributed by atoms with van der Waals surface area (Å²) in [4.78, 5) is 22.3. The van der Waals surface area contributed by atoms with Crippen LogP contribution in [-0.2, 0) is 19.1 Å². The Bertz CT molecular complexity index is 850. The molecule has 202 valence electrons. The van der Waals surface area contributed by atoms with Crippen molar-refractivity contribution in [2.24, 2.45) is 11.8 Å². The van der Waals surface area contributed by atoms with Gasteiger partial charge in [0.2, 0.25) is 0 Å². The highest BCUT2D eigenvalue weighted by Crippen LogP contribution is 2.21. The molecule has 9 heteroatoms. The van der Waals surface area contributed by atoms with Crippen LogP contribution in [0.2, 0.25) is 0 Å². The van der Waals surface area contributed by atoms with Gasteiger partial charge < -0.3 is 19.6 Å². The molecular formula is C27H43FN4O4. The van der Waals surface area contributed by atoms with Crippen LogP contribution in [0.3, 0.4) is 0 Å². The molecule has 0 amide bonds. The number of benzene rings is 1. The fourth-order valence-electron chi connectivity index (χ4n) is 3.30. The van der Waals surface area contributed by atoms with Crippen molar-refractivity contribution >= 4 is 18.5 Å². The molecule has 0 saturated heterocycles. The van der Waals surface area contributed by atoms with Crippen molar-refractivity contribution in [1.82, 2.24) is 15.2 Å². The van der Waals surface area contributed by atoms with Gasteiger partial charge in [0, 0.05) is 19.3 Å². The lowest BCUT2D eigenvalue weighted by Gasteiger charge is -2.26. The van der Waals surface area contributed by atoms with Gasteiger partial charge in [-0.15, -0.1) is 0 Å². The van der Waals surface area contributed by atoms with Crippen LogP contribution in [0, 0.1) is 11.7 Å². The molecule has 3 N–H and O–H groups in total. The Balaban J connectivity index is 0.00000596. The van der Waals surface area contributed by atoms with E-state index in [-0.39, 0.29) is 17.7 Å². The Morgan fingerprint density at radius 3 is 2.36 bits per heavy atom. The summed E-state index contributed by atoms with van der Waals surface area (Å²) in [5.41, 5.74) is 2.33. The van der Waals surface area contributed by atoms with Crippen molar-refractivity contribution in [3.05, 3.63) is 65.5 Å². The molecule has 36 heavy (non-hydrogen) atoms. The normalized spacial score (nSPS) is 13.0. The molecule has 0 aliphatic rings. The van der Waals surface area contributed by atoms with Gasteiger partial charge in [0.15, 0.2) is 5.88 Å². The zero-order valence-corrected chi connectivity index (χ0v) is 22.6. The number of nitrogens with one attached hydrogen (secondary N) is 1. The summed E-state index contributed by atoms with van der Waals surface area (Å²) in [6.45, 7) is 12.4. The fraction of sp³-hybridized carbons (Fsp3) is 0.481.